The van der Waals surface area contributed by atoms with Crippen molar-refractivity contribution in [2.45, 2.75) is 149 Å². The van der Waals surface area contributed by atoms with Crippen molar-refractivity contribution in [3.05, 3.63) is 206 Å². The molecule has 4 aliphatic heterocycles. The van der Waals surface area contributed by atoms with E-state index in [1.165, 1.54) is 123 Å². The first-order valence-electron chi connectivity index (χ1n) is 46.3. The minimum Gasteiger partial charge on any atom is -0.497 e. The number of sulfone groups is 4. The van der Waals surface area contributed by atoms with E-state index in [-0.39, 0.29) is 116 Å². The van der Waals surface area contributed by atoms with Crippen LogP contribution in [0, 0.1) is 12.7 Å². The molecule has 0 bridgehead atoms. The molecule has 8 heterocycles. The predicted octanol–water partition coefficient (Wildman–Crippen LogP) is 6.95. The molecule has 4 amide bonds. The van der Waals surface area contributed by atoms with Gasteiger partial charge in [0.2, 0.25) is 11.6 Å². The Balaban J connectivity index is 0.000000163. The first-order chi connectivity index (χ1) is 70.5. The van der Waals surface area contributed by atoms with Crippen molar-refractivity contribution in [1.29, 1.82) is 0 Å². The van der Waals surface area contributed by atoms with Crippen molar-refractivity contribution in [2.24, 2.45) is 0 Å². The number of aromatic nitrogens is 16. The fraction of sp³-hybridized carbons (Fsp3) is 0.404. The minimum absolute atomic E-state index is 0.0217. The van der Waals surface area contributed by atoms with E-state index < -0.39 is 82.0 Å². The van der Waals surface area contributed by atoms with Crippen LogP contribution in [-0.4, -0.2) is 296 Å². The summed E-state index contributed by atoms with van der Waals surface area (Å²) >= 11 is 0. The Kier molecular flexibility index (Phi) is 38.0. The Labute approximate surface area is 839 Å². The van der Waals surface area contributed by atoms with Crippen molar-refractivity contribution in [3.8, 4) is 80.0 Å². The second-order valence-corrected chi connectivity index (χ2v) is 42.8. The lowest BCUT2D eigenvalue weighted by atomic mass is 9.95. The van der Waals surface area contributed by atoms with Crippen molar-refractivity contribution in [1.82, 2.24) is 108 Å². The molecule has 4 aliphatic rings. The van der Waals surface area contributed by atoms with Crippen molar-refractivity contribution >= 4 is 63.0 Å². The molecule has 16 rings (SSSR count). The van der Waals surface area contributed by atoms with E-state index in [1.807, 2.05) is 90.7 Å². The summed E-state index contributed by atoms with van der Waals surface area (Å²) in [5.41, 5.74) is 10.1. The highest BCUT2D eigenvalue weighted by molar-refractivity contribution is 7.94. The van der Waals surface area contributed by atoms with Crippen LogP contribution < -0.4 is 50.3 Å². The number of aryl methyl sites for hydroxylation is 5. The van der Waals surface area contributed by atoms with Gasteiger partial charge in [-0.05, 0) is 253 Å². The number of piperidine rings is 1. The smallest absolute Gasteiger partial charge is 0.265 e. The number of carbonyl (C=O) groups excluding carboxylic acids is 4. The Hall–Kier alpha value is -13.9. The highest BCUT2D eigenvalue weighted by Gasteiger charge is 2.56. The lowest BCUT2D eigenvalue weighted by molar-refractivity contribution is -0.135. The monoisotopic (exact) mass is 2100 g/mol. The normalized spacial score (nSPS) is 15.4. The lowest BCUT2D eigenvalue weighted by Crippen LogP contribution is -2.57. The quantitative estimate of drug-likeness (QED) is 0.0109. The fourth-order valence-electron chi connectivity index (χ4n) is 16.6. The number of hydrogen-bond acceptors (Lipinski definition) is 39. The van der Waals surface area contributed by atoms with Gasteiger partial charge in [0.05, 0.1) is 79.9 Å². The highest BCUT2D eigenvalue weighted by atomic mass is 32.2. The van der Waals surface area contributed by atoms with Gasteiger partial charge in [0.25, 0.3) is 23.6 Å². The van der Waals surface area contributed by atoms with Crippen LogP contribution in [0.2, 0.25) is 0 Å². The Bertz CT molecular complexity index is 6780. The summed E-state index contributed by atoms with van der Waals surface area (Å²) in [4.78, 5) is 54.5. The average Bonchev–Trinajstić information content (AvgIpc) is 0.856. The van der Waals surface area contributed by atoms with Crippen LogP contribution in [0.1, 0.15) is 82.6 Å². The number of halogens is 1. The predicted molar refractivity (Wildman–Crippen MR) is 514 cm³/mol. The molecule has 52 heteroatoms. The minimum atomic E-state index is -4.12. The van der Waals surface area contributed by atoms with E-state index in [9.17, 15) is 62.4 Å². The maximum atomic E-state index is 13.6. The number of ether oxygens (including phenoxy) is 10. The van der Waals surface area contributed by atoms with Crippen LogP contribution >= 0.6 is 0 Å². The maximum absolute atomic E-state index is 13.6. The van der Waals surface area contributed by atoms with Crippen LogP contribution in [0.3, 0.4) is 0 Å². The molecule has 4 aromatic heterocycles. The summed E-state index contributed by atoms with van der Waals surface area (Å²) in [6, 6.07) is 52.3. The van der Waals surface area contributed by atoms with Crippen LogP contribution in [0.5, 0.6) is 34.5 Å². The largest absolute Gasteiger partial charge is 0.497 e. The van der Waals surface area contributed by atoms with Gasteiger partial charge in [0.15, 0.2) is 70.0 Å². The van der Waals surface area contributed by atoms with Crippen LogP contribution in [0.4, 0.5) is 4.39 Å². The molecule has 8 N–H and O–H groups in total. The molecule has 4 fully saturated rings. The van der Waals surface area contributed by atoms with Gasteiger partial charge in [-0.3, -0.25) is 40.0 Å². The van der Waals surface area contributed by atoms with Gasteiger partial charge in [-0.1, -0.05) is 36.4 Å². The number of nitrogens with zero attached hydrogens (tertiary/aromatic N) is 17. The van der Waals surface area contributed by atoms with E-state index in [0.717, 1.165) is 33.8 Å². The summed E-state index contributed by atoms with van der Waals surface area (Å²) in [7, 11) is -11.6. The second kappa shape index (κ2) is 50.7. The van der Waals surface area contributed by atoms with Crippen molar-refractivity contribution in [2.75, 3.05) is 114 Å². The molecule has 0 unspecified atom stereocenters. The Morgan fingerprint density at radius 1 is 0.370 bits per heavy atom. The third kappa shape index (κ3) is 25.6. The SMILES string of the molecule is COCCN1CCC(C(=O)NO)(S(=O)(=O)c2ccc(OCCCn3nnc(-c4cc(F)ccc4C)n3)cc2)CC1.COc1ccc(-c2nnn(CCCOc3ccc(S(=O)(=O)C4(C(=O)NO)CCOCC4)cc3)n2)cc1.COc1ccc(-c2nnnn2CCCOc2ccc(S(=O)(=O)C3(C(=O)NO)CCOCC3)cc2)cc1.O=C(NO)C1(S(=O)(=O)c2ccc(OCCCn3nnnc3-c3ccccc3)cc2)CCOCC1. The number of nitrogens with one attached hydrogen (secondary N) is 4. The summed E-state index contributed by atoms with van der Waals surface area (Å²) in [5.74, 6) is 1.36. The van der Waals surface area contributed by atoms with E-state index in [2.05, 4.69) is 61.9 Å². The molecule has 0 spiro atoms. The number of tetrazole rings is 4. The zero-order valence-corrected chi connectivity index (χ0v) is 83.3. The van der Waals surface area contributed by atoms with Gasteiger partial charge in [-0.15, -0.1) is 30.6 Å². The van der Waals surface area contributed by atoms with Crippen molar-refractivity contribution in [3.63, 3.8) is 0 Å². The molecular weight excluding hydrogens is 1990 g/mol. The molecule has 4 saturated heterocycles. The Morgan fingerprint density at radius 3 is 1.04 bits per heavy atom. The average molecular weight is 2100 g/mol. The molecule has 47 nitrogen and oxygen atoms in total. The third-order valence-corrected chi connectivity index (χ3v) is 35.1. The van der Waals surface area contributed by atoms with E-state index in [0.29, 0.717) is 156 Å². The Morgan fingerprint density at radius 2 is 0.692 bits per heavy atom. The van der Waals surface area contributed by atoms with Crippen LogP contribution in [0.25, 0.3) is 45.6 Å². The number of benzene rings is 8. The van der Waals surface area contributed by atoms with Gasteiger partial charge in [-0.25, -0.2) is 69.3 Å². The highest BCUT2D eigenvalue weighted by Crippen LogP contribution is 2.42. The lowest BCUT2D eigenvalue weighted by Gasteiger charge is -2.39. The van der Waals surface area contributed by atoms with Crippen LogP contribution in [-0.2, 0) is 104 Å². The number of carbonyl (C=O) groups is 4. The molecule has 0 atom stereocenters. The summed E-state index contributed by atoms with van der Waals surface area (Å²) < 4.78 is 171. The number of likely N-dealkylation sites (tertiary alicyclic amines) is 1. The fourth-order valence-corrected chi connectivity index (χ4v) is 24.4. The first kappa shape index (κ1) is 109. The van der Waals surface area contributed by atoms with Crippen LogP contribution in [0.15, 0.2) is 214 Å². The zero-order valence-electron chi connectivity index (χ0n) is 80.1. The number of hydroxylamine groups is 4. The van der Waals surface area contributed by atoms with E-state index in [4.69, 9.17) is 63.0 Å². The second-order valence-electron chi connectivity index (χ2n) is 33.8. The van der Waals surface area contributed by atoms with Crippen molar-refractivity contribution < 1.29 is 125 Å². The number of amides is 4. The summed E-state index contributed by atoms with van der Waals surface area (Å²) in [6.07, 6.45) is 2.19. The topological polar surface area (TPSA) is 604 Å². The van der Waals surface area contributed by atoms with Gasteiger partial charge >= 0.3 is 0 Å². The van der Waals surface area contributed by atoms with Gasteiger partial charge < -0.3 is 52.3 Å². The van der Waals surface area contributed by atoms with Gasteiger partial charge in [-0.2, -0.15) is 9.59 Å². The van der Waals surface area contributed by atoms with Gasteiger partial charge in [0, 0.05) is 127 Å². The van der Waals surface area contributed by atoms with E-state index >= 15 is 0 Å². The third-order valence-electron chi connectivity index (χ3n) is 25.1. The molecule has 0 saturated carbocycles. The summed E-state index contributed by atoms with van der Waals surface area (Å²) in [6.45, 7) is 7.69. The molecule has 780 valence electrons. The summed E-state index contributed by atoms with van der Waals surface area (Å²) in [5, 5.41) is 85.3. The first-order valence-corrected chi connectivity index (χ1v) is 52.2. The zero-order chi connectivity index (χ0) is 104. The number of rotatable bonds is 41. The maximum Gasteiger partial charge on any atom is 0.265 e. The molecule has 0 aliphatic carbocycles. The molecular formula is C94H112FN21O26S4. The molecule has 12 aromatic rings. The molecule has 0 radical (unpaired) electrons. The standard InChI is InChI=1S/C26H33FN6O6S.2C23H27N5O7S.C22H25N5O6S/c1-19-4-5-20(27)18-23(19)24-28-31-33(29-24)12-3-16-39-21-6-8-22(9-7-21)40(36,37)26(25(34)30-35)10-13-32(14-11-26)15-17-38-2;1-33-18-5-3-17(4-6-18)21-24-26-27-28(21)13-2-14-35-19-7-9-20(10-8-19)36(31,32)23(22(29)25-30)11-15-34-16-12-23;1-33-18-5-3-17(4-6-18)21-24-27-28(25-21)13-2-14-35-19-7-9-20(10-8-19)36(31,32)23(22(29)26-30)11-15-34-16-12-23;28-21(24-29)22(11-15-32-16-12-22)34(30,31)19-9-7-18(8-10-19)33-14-4-13-27-20(23-25-26-27)17-5-2-1-3-6-17/h4-9,18,35H,3,10-17H2,1-2H3,(H,30,34);3-10,30H,2,11-16H2,1H3,(H,25,29);3-10,30H,2,11-16H2,1H3,(H,26,29);1-3,5-10,29H,4,11-16H2,(H,24,28). The van der Waals surface area contributed by atoms with Gasteiger partial charge in [0.1, 0.15) is 40.3 Å². The number of hydrogen-bond donors (Lipinski definition) is 8. The molecule has 8 aromatic carbocycles. The number of methoxy groups -OCH3 is 3. The van der Waals surface area contributed by atoms with E-state index in [1.54, 1.807) is 54.4 Å². The molecule has 146 heavy (non-hydrogen) atoms.